The van der Waals surface area contributed by atoms with Gasteiger partial charge >= 0.3 is 0 Å². The number of nitrogens with zero attached hydrogens (tertiary/aromatic N) is 4. The van der Waals surface area contributed by atoms with Crippen LogP contribution in [0.1, 0.15) is 26.2 Å². The third kappa shape index (κ3) is 4.18. The molecule has 6 heteroatoms. The molecule has 0 saturated heterocycles. The van der Waals surface area contributed by atoms with E-state index in [1.165, 1.54) is 12.8 Å². The van der Waals surface area contributed by atoms with Gasteiger partial charge in [0.1, 0.15) is 0 Å². The van der Waals surface area contributed by atoms with E-state index in [-0.39, 0.29) is 5.28 Å². The summed E-state index contributed by atoms with van der Waals surface area (Å²) in [5.74, 6) is 1.11. The summed E-state index contributed by atoms with van der Waals surface area (Å²) in [6.07, 6.45) is 3.51. The van der Waals surface area contributed by atoms with Gasteiger partial charge in [0.05, 0.1) is 0 Å². The van der Waals surface area contributed by atoms with Crippen molar-refractivity contribution in [2.45, 2.75) is 26.2 Å². The average Bonchev–Trinajstić information content (AvgIpc) is 2.23. The van der Waals surface area contributed by atoms with Crippen molar-refractivity contribution in [3.8, 4) is 0 Å². The van der Waals surface area contributed by atoms with E-state index in [2.05, 4.69) is 27.2 Å². The highest BCUT2D eigenvalue weighted by Crippen LogP contribution is 2.11. The van der Waals surface area contributed by atoms with E-state index in [0.717, 1.165) is 13.0 Å². The van der Waals surface area contributed by atoms with Gasteiger partial charge in [0.15, 0.2) is 0 Å². The molecule has 0 aliphatic rings. The number of hydrogen-bond donors (Lipinski definition) is 1. The topological polar surface area (TPSA) is 53.9 Å². The Kier molecular flexibility index (Phi) is 5.25. The molecule has 0 radical (unpaired) electrons. The van der Waals surface area contributed by atoms with Crippen LogP contribution in [0.25, 0.3) is 0 Å². The van der Waals surface area contributed by atoms with E-state index < -0.39 is 0 Å². The fourth-order valence-electron chi connectivity index (χ4n) is 1.19. The molecule has 1 N–H and O–H groups in total. The largest absolute Gasteiger partial charge is 0.354 e. The van der Waals surface area contributed by atoms with Gasteiger partial charge in [-0.2, -0.15) is 15.0 Å². The van der Waals surface area contributed by atoms with Gasteiger partial charge in [-0.05, 0) is 18.0 Å². The number of hydrogen-bond acceptors (Lipinski definition) is 5. The molecule has 0 spiro atoms. The van der Waals surface area contributed by atoms with Gasteiger partial charge in [0.25, 0.3) is 0 Å². The van der Waals surface area contributed by atoms with E-state index in [0.29, 0.717) is 11.9 Å². The molecule has 16 heavy (non-hydrogen) atoms. The van der Waals surface area contributed by atoms with Gasteiger partial charge in [-0.25, -0.2) is 0 Å². The first-order chi connectivity index (χ1) is 7.63. The molecule has 0 aliphatic carbocycles. The summed E-state index contributed by atoms with van der Waals surface area (Å²) in [7, 11) is 3.74. The first-order valence-electron chi connectivity index (χ1n) is 5.46. The minimum absolute atomic E-state index is 0.219. The van der Waals surface area contributed by atoms with E-state index >= 15 is 0 Å². The van der Waals surface area contributed by atoms with E-state index in [4.69, 9.17) is 11.6 Å². The predicted molar refractivity (Wildman–Crippen MR) is 67.2 cm³/mol. The molecule has 0 aromatic carbocycles. The molecule has 1 rings (SSSR count). The quantitative estimate of drug-likeness (QED) is 0.777. The van der Waals surface area contributed by atoms with Gasteiger partial charge in [0.2, 0.25) is 17.2 Å². The molecule has 0 unspecified atom stereocenters. The Morgan fingerprint density at radius 1 is 1.19 bits per heavy atom. The Labute approximate surface area is 101 Å². The van der Waals surface area contributed by atoms with Crippen LogP contribution in [0.5, 0.6) is 0 Å². The molecule has 5 nitrogen and oxygen atoms in total. The fraction of sp³-hybridized carbons (Fsp3) is 0.700. The lowest BCUT2D eigenvalue weighted by molar-refractivity contribution is 0.739. The minimum atomic E-state index is 0.219. The van der Waals surface area contributed by atoms with Crippen LogP contribution < -0.4 is 10.2 Å². The molecule has 90 valence electrons. The normalized spacial score (nSPS) is 10.2. The Morgan fingerprint density at radius 3 is 2.56 bits per heavy atom. The Hall–Kier alpha value is -1.10. The van der Waals surface area contributed by atoms with Crippen molar-refractivity contribution in [3.05, 3.63) is 5.28 Å². The lowest BCUT2D eigenvalue weighted by Gasteiger charge is -2.11. The first kappa shape index (κ1) is 13.0. The number of rotatable bonds is 6. The average molecular weight is 244 g/mol. The summed E-state index contributed by atoms with van der Waals surface area (Å²) in [4.78, 5) is 14.1. The van der Waals surface area contributed by atoms with Gasteiger partial charge in [0, 0.05) is 20.6 Å². The maximum atomic E-state index is 5.81. The smallest absolute Gasteiger partial charge is 0.230 e. The number of halogens is 1. The van der Waals surface area contributed by atoms with Crippen molar-refractivity contribution in [2.75, 3.05) is 30.9 Å². The fourth-order valence-corrected chi connectivity index (χ4v) is 1.35. The molecule has 0 fully saturated rings. The lowest BCUT2D eigenvalue weighted by Crippen LogP contribution is -2.15. The van der Waals surface area contributed by atoms with Crippen LogP contribution in [-0.4, -0.2) is 35.6 Å². The zero-order chi connectivity index (χ0) is 12.0. The van der Waals surface area contributed by atoms with Gasteiger partial charge < -0.3 is 10.2 Å². The van der Waals surface area contributed by atoms with Crippen LogP contribution >= 0.6 is 11.6 Å². The van der Waals surface area contributed by atoms with Crippen LogP contribution in [0.3, 0.4) is 0 Å². The molecule has 1 aromatic heterocycles. The zero-order valence-electron chi connectivity index (χ0n) is 10.00. The van der Waals surface area contributed by atoms with E-state index in [9.17, 15) is 0 Å². The number of unbranched alkanes of at least 4 members (excludes halogenated alkanes) is 2. The number of nitrogens with one attached hydrogen (secondary N) is 1. The van der Waals surface area contributed by atoms with Crippen molar-refractivity contribution in [1.82, 2.24) is 15.0 Å². The molecule has 0 bridgehead atoms. The summed E-state index contributed by atoms with van der Waals surface area (Å²) >= 11 is 5.81. The maximum absolute atomic E-state index is 5.81. The molecule has 0 saturated carbocycles. The second-order valence-electron chi connectivity index (χ2n) is 3.76. The van der Waals surface area contributed by atoms with Crippen molar-refractivity contribution in [3.63, 3.8) is 0 Å². The minimum Gasteiger partial charge on any atom is -0.354 e. The monoisotopic (exact) mass is 243 g/mol. The summed E-state index contributed by atoms with van der Waals surface area (Å²) < 4.78 is 0. The Balaban J connectivity index is 2.58. The standard InChI is InChI=1S/C10H18ClN5/c1-4-5-6-7-12-9-13-8(11)14-10(15-9)16(2)3/h4-7H2,1-3H3,(H,12,13,14,15). The molecular weight excluding hydrogens is 226 g/mol. The SMILES string of the molecule is CCCCCNc1nc(Cl)nc(N(C)C)n1. The van der Waals surface area contributed by atoms with Crippen LogP contribution in [-0.2, 0) is 0 Å². The van der Waals surface area contributed by atoms with Crippen molar-refractivity contribution in [1.29, 1.82) is 0 Å². The molecule has 0 aliphatic heterocycles. The van der Waals surface area contributed by atoms with Crippen LogP contribution in [0.2, 0.25) is 5.28 Å². The molecule has 0 atom stereocenters. The summed E-state index contributed by atoms with van der Waals surface area (Å²) in [6, 6.07) is 0. The number of anilines is 2. The van der Waals surface area contributed by atoms with E-state index in [1.807, 2.05) is 14.1 Å². The number of aromatic nitrogens is 3. The molecule has 0 amide bonds. The van der Waals surface area contributed by atoms with E-state index in [1.54, 1.807) is 4.90 Å². The summed E-state index contributed by atoms with van der Waals surface area (Å²) in [5, 5.41) is 3.36. The highest BCUT2D eigenvalue weighted by Gasteiger charge is 2.05. The molecule has 1 heterocycles. The van der Waals surface area contributed by atoms with Gasteiger partial charge in [-0.15, -0.1) is 0 Å². The Bertz CT molecular complexity index is 329. The lowest BCUT2D eigenvalue weighted by atomic mass is 10.2. The molecular formula is C10H18ClN5. The summed E-state index contributed by atoms with van der Waals surface area (Å²) in [6.45, 7) is 3.03. The third-order valence-corrected chi connectivity index (χ3v) is 2.23. The summed E-state index contributed by atoms with van der Waals surface area (Å²) in [5.41, 5.74) is 0. The second kappa shape index (κ2) is 6.48. The van der Waals surface area contributed by atoms with Crippen molar-refractivity contribution >= 4 is 23.5 Å². The highest BCUT2D eigenvalue weighted by atomic mass is 35.5. The van der Waals surface area contributed by atoms with Crippen LogP contribution in [0.15, 0.2) is 0 Å². The van der Waals surface area contributed by atoms with Crippen molar-refractivity contribution < 1.29 is 0 Å². The first-order valence-corrected chi connectivity index (χ1v) is 5.84. The Morgan fingerprint density at radius 2 is 1.94 bits per heavy atom. The zero-order valence-corrected chi connectivity index (χ0v) is 10.8. The highest BCUT2D eigenvalue weighted by molar-refractivity contribution is 6.28. The molecule has 1 aromatic rings. The van der Waals surface area contributed by atoms with Crippen molar-refractivity contribution in [2.24, 2.45) is 0 Å². The van der Waals surface area contributed by atoms with Crippen LogP contribution in [0.4, 0.5) is 11.9 Å². The van der Waals surface area contributed by atoms with Gasteiger partial charge in [-0.3, -0.25) is 0 Å². The third-order valence-electron chi connectivity index (χ3n) is 2.06. The predicted octanol–water partition coefficient (Wildman–Crippen LogP) is 2.19. The maximum Gasteiger partial charge on any atom is 0.230 e. The van der Waals surface area contributed by atoms with Crippen LogP contribution in [0, 0.1) is 0 Å². The second-order valence-corrected chi connectivity index (χ2v) is 4.09. The van der Waals surface area contributed by atoms with Gasteiger partial charge in [-0.1, -0.05) is 19.8 Å².